The van der Waals surface area contributed by atoms with Crippen LogP contribution in [0.15, 0.2) is 5.10 Å². The Kier molecular flexibility index (Phi) is 1.19. The number of hydrogen-bond donors (Lipinski definition) is 2. The molecule has 4 heteroatoms. The first-order chi connectivity index (χ1) is 3.29. The molecular weight excluding hydrogens is 158 g/mol. The molecule has 1 aliphatic rings. The first kappa shape index (κ1) is 4.90. The number of nitrogens with two attached hydrogens (primary N) is 1. The molecular formula is C3H6BrN3. The topological polar surface area (TPSA) is 50.4 Å². The van der Waals surface area contributed by atoms with Crippen molar-refractivity contribution in [3.63, 3.8) is 0 Å². The van der Waals surface area contributed by atoms with E-state index in [1.807, 2.05) is 0 Å². The van der Waals surface area contributed by atoms with Crippen LogP contribution in [0.3, 0.4) is 0 Å². The SMILES string of the molecule is NC1=NNC(Br)C1. The first-order valence-electron chi connectivity index (χ1n) is 2.00. The van der Waals surface area contributed by atoms with Crippen LogP contribution in [-0.2, 0) is 0 Å². The fourth-order valence-electron chi connectivity index (χ4n) is 0.428. The number of amidine groups is 1. The summed E-state index contributed by atoms with van der Waals surface area (Å²) in [5.74, 6) is 0.668. The number of hydrazone groups is 1. The Bertz CT molecular complexity index is 100. The summed E-state index contributed by atoms with van der Waals surface area (Å²) in [4.78, 5) is 0.257. The highest BCUT2D eigenvalue weighted by Crippen LogP contribution is 2.04. The molecule has 0 aromatic heterocycles. The Morgan fingerprint density at radius 1 is 2.00 bits per heavy atom. The van der Waals surface area contributed by atoms with E-state index in [1.54, 1.807) is 0 Å². The summed E-state index contributed by atoms with van der Waals surface area (Å²) in [6.45, 7) is 0. The van der Waals surface area contributed by atoms with Gasteiger partial charge in [0.2, 0.25) is 0 Å². The van der Waals surface area contributed by atoms with Crippen molar-refractivity contribution in [2.45, 2.75) is 11.4 Å². The molecule has 0 amide bonds. The summed E-state index contributed by atoms with van der Waals surface area (Å²) in [7, 11) is 0. The standard InChI is InChI=1S/C3H6BrN3/c4-2-1-3(5)7-6-2/h2,6H,1H2,(H2,5,7). The third kappa shape index (κ3) is 1.06. The van der Waals surface area contributed by atoms with Crippen LogP contribution in [0, 0.1) is 0 Å². The van der Waals surface area contributed by atoms with Crippen LogP contribution in [0.2, 0.25) is 0 Å². The Morgan fingerprint density at radius 3 is 2.86 bits per heavy atom. The van der Waals surface area contributed by atoms with Gasteiger partial charge in [0.05, 0.1) is 0 Å². The summed E-state index contributed by atoms with van der Waals surface area (Å²) in [6.07, 6.45) is 0.806. The predicted octanol–water partition coefficient (Wildman–Crippen LogP) is -0.0271. The van der Waals surface area contributed by atoms with Gasteiger partial charge >= 0.3 is 0 Å². The van der Waals surface area contributed by atoms with Gasteiger partial charge in [-0.2, -0.15) is 5.10 Å². The lowest BCUT2D eigenvalue weighted by atomic mass is 10.4. The number of alkyl halides is 1. The van der Waals surface area contributed by atoms with Gasteiger partial charge in [-0.3, -0.25) is 5.43 Å². The van der Waals surface area contributed by atoms with Gasteiger partial charge in [-0.15, -0.1) is 0 Å². The predicted molar refractivity (Wildman–Crippen MR) is 32.1 cm³/mol. The number of nitrogens with one attached hydrogen (secondary N) is 1. The minimum atomic E-state index is 0.257. The molecule has 1 unspecified atom stereocenters. The van der Waals surface area contributed by atoms with Crippen LogP contribution in [0.1, 0.15) is 6.42 Å². The van der Waals surface area contributed by atoms with Crippen molar-refractivity contribution < 1.29 is 0 Å². The van der Waals surface area contributed by atoms with Gasteiger partial charge in [0.1, 0.15) is 10.8 Å². The summed E-state index contributed by atoms with van der Waals surface area (Å²) >= 11 is 3.27. The first-order valence-corrected chi connectivity index (χ1v) is 2.92. The van der Waals surface area contributed by atoms with Crippen molar-refractivity contribution in [2.24, 2.45) is 10.8 Å². The highest BCUT2D eigenvalue weighted by Gasteiger charge is 2.09. The summed E-state index contributed by atoms with van der Waals surface area (Å²) in [5.41, 5.74) is 8.03. The molecule has 1 heterocycles. The number of nitrogens with zero attached hydrogens (tertiary/aromatic N) is 1. The molecule has 0 bridgehead atoms. The van der Waals surface area contributed by atoms with E-state index in [1.165, 1.54) is 0 Å². The second-order valence-corrected chi connectivity index (χ2v) is 2.51. The molecule has 3 nitrogen and oxygen atoms in total. The molecule has 40 valence electrons. The van der Waals surface area contributed by atoms with Crippen molar-refractivity contribution in [3.8, 4) is 0 Å². The van der Waals surface area contributed by atoms with Gasteiger partial charge in [0.15, 0.2) is 0 Å². The lowest BCUT2D eigenvalue weighted by Gasteiger charge is -1.92. The van der Waals surface area contributed by atoms with Gasteiger partial charge in [0.25, 0.3) is 0 Å². The smallest absolute Gasteiger partial charge is 0.122 e. The Balaban J connectivity index is 2.42. The molecule has 0 fully saturated rings. The average Bonchev–Trinajstić information content (AvgIpc) is 1.87. The molecule has 1 aliphatic heterocycles. The van der Waals surface area contributed by atoms with Gasteiger partial charge in [-0.1, -0.05) is 15.9 Å². The maximum Gasteiger partial charge on any atom is 0.122 e. The molecule has 1 rings (SSSR count). The zero-order valence-corrected chi connectivity index (χ0v) is 5.27. The van der Waals surface area contributed by atoms with E-state index in [4.69, 9.17) is 5.73 Å². The van der Waals surface area contributed by atoms with E-state index in [2.05, 4.69) is 26.5 Å². The minimum absolute atomic E-state index is 0.257. The summed E-state index contributed by atoms with van der Waals surface area (Å²) in [5, 5.41) is 3.71. The second-order valence-electron chi connectivity index (χ2n) is 1.40. The van der Waals surface area contributed by atoms with E-state index in [9.17, 15) is 0 Å². The number of rotatable bonds is 0. The molecule has 0 spiro atoms. The van der Waals surface area contributed by atoms with Crippen molar-refractivity contribution in [1.29, 1.82) is 0 Å². The molecule has 0 aromatic carbocycles. The largest absolute Gasteiger partial charge is 0.386 e. The van der Waals surface area contributed by atoms with Crippen molar-refractivity contribution in [2.75, 3.05) is 0 Å². The van der Waals surface area contributed by atoms with Crippen molar-refractivity contribution in [1.82, 2.24) is 5.43 Å². The fourth-order valence-corrected chi connectivity index (χ4v) is 0.862. The maximum absolute atomic E-state index is 5.28. The molecule has 0 radical (unpaired) electrons. The quantitative estimate of drug-likeness (QED) is 0.390. The minimum Gasteiger partial charge on any atom is -0.386 e. The molecule has 3 N–H and O–H groups in total. The van der Waals surface area contributed by atoms with E-state index in [0.717, 1.165) is 6.42 Å². The molecule has 1 atom stereocenters. The lowest BCUT2D eigenvalue weighted by Crippen LogP contribution is -2.11. The number of hydrogen-bond acceptors (Lipinski definition) is 3. The Morgan fingerprint density at radius 2 is 2.71 bits per heavy atom. The molecule has 0 aromatic rings. The number of halogens is 1. The van der Waals surface area contributed by atoms with E-state index >= 15 is 0 Å². The highest BCUT2D eigenvalue weighted by atomic mass is 79.9. The maximum atomic E-state index is 5.28. The Labute approximate surface area is 50.1 Å². The molecule has 0 saturated heterocycles. The normalized spacial score (nSPS) is 29.3. The third-order valence-electron chi connectivity index (χ3n) is 0.737. The van der Waals surface area contributed by atoms with Crippen LogP contribution in [0.25, 0.3) is 0 Å². The van der Waals surface area contributed by atoms with Crippen LogP contribution < -0.4 is 11.2 Å². The van der Waals surface area contributed by atoms with Crippen LogP contribution >= 0.6 is 15.9 Å². The van der Waals surface area contributed by atoms with E-state index in [-0.39, 0.29) is 4.95 Å². The van der Waals surface area contributed by atoms with Gasteiger partial charge in [-0.05, 0) is 0 Å². The van der Waals surface area contributed by atoms with Crippen LogP contribution in [-0.4, -0.2) is 10.8 Å². The zero-order chi connectivity index (χ0) is 5.28. The lowest BCUT2D eigenvalue weighted by molar-refractivity contribution is 0.774. The van der Waals surface area contributed by atoms with Gasteiger partial charge in [0, 0.05) is 6.42 Å². The molecule has 7 heavy (non-hydrogen) atoms. The highest BCUT2D eigenvalue weighted by molar-refractivity contribution is 9.09. The second kappa shape index (κ2) is 1.69. The van der Waals surface area contributed by atoms with Crippen molar-refractivity contribution in [3.05, 3.63) is 0 Å². The summed E-state index contributed by atoms with van der Waals surface area (Å²) < 4.78 is 0. The van der Waals surface area contributed by atoms with E-state index in [0.29, 0.717) is 5.84 Å². The average molecular weight is 164 g/mol. The zero-order valence-electron chi connectivity index (χ0n) is 3.69. The van der Waals surface area contributed by atoms with Crippen LogP contribution in [0.4, 0.5) is 0 Å². The summed E-state index contributed by atoms with van der Waals surface area (Å²) in [6, 6.07) is 0. The molecule has 0 aliphatic carbocycles. The molecule has 0 saturated carbocycles. The van der Waals surface area contributed by atoms with E-state index < -0.39 is 0 Å². The van der Waals surface area contributed by atoms with Crippen molar-refractivity contribution >= 4 is 21.8 Å². The van der Waals surface area contributed by atoms with Crippen LogP contribution in [0.5, 0.6) is 0 Å². The third-order valence-corrected chi connectivity index (χ3v) is 1.27. The monoisotopic (exact) mass is 163 g/mol. The fraction of sp³-hybridized carbons (Fsp3) is 0.667. The van der Waals surface area contributed by atoms with Gasteiger partial charge in [-0.25, -0.2) is 0 Å². The Hall–Kier alpha value is -0.250. The van der Waals surface area contributed by atoms with Gasteiger partial charge < -0.3 is 5.73 Å².